The summed E-state index contributed by atoms with van der Waals surface area (Å²) >= 11 is 0. The monoisotopic (exact) mass is 361 g/mol. The minimum Gasteiger partial charge on any atom is -0.469 e. The Morgan fingerprint density at radius 2 is 1.70 bits per heavy atom. The molecule has 0 unspecified atom stereocenters. The van der Waals surface area contributed by atoms with Gasteiger partial charge in [0, 0.05) is 18.3 Å². The fourth-order valence-corrected chi connectivity index (χ4v) is 2.91. The van der Waals surface area contributed by atoms with Crippen LogP contribution in [-0.4, -0.2) is 22.2 Å². The normalized spacial score (nSPS) is 10.4. The van der Waals surface area contributed by atoms with E-state index in [9.17, 15) is 9.59 Å². The Labute approximate surface area is 156 Å². The minimum atomic E-state index is -0.245. The number of rotatable bonds is 5. The lowest BCUT2D eigenvalue weighted by Crippen LogP contribution is -2.22. The molecule has 0 aliphatic heterocycles. The van der Waals surface area contributed by atoms with E-state index in [0.717, 1.165) is 16.9 Å². The first kappa shape index (κ1) is 18.2. The number of esters is 1. The van der Waals surface area contributed by atoms with Crippen LogP contribution in [0.1, 0.15) is 23.2 Å². The number of imidazole rings is 1. The first-order valence-electron chi connectivity index (χ1n) is 8.51. The fourth-order valence-electron chi connectivity index (χ4n) is 2.91. The van der Waals surface area contributed by atoms with Gasteiger partial charge in [-0.05, 0) is 55.3 Å². The largest absolute Gasteiger partial charge is 0.469 e. The Hall–Kier alpha value is -3.59. The molecule has 6 nitrogen and oxygen atoms in total. The van der Waals surface area contributed by atoms with Crippen LogP contribution in [0, 0.1) is 18.3 Å². The highest BCUT2D eigenvalue weighted by molar-refractivity contribution is 5.69. The first-order valence-corrected chi connectivity index (χ1v) is 8.51. The van der Waals surface area contributed by atoms with Crippen LogP contribution in [0.5, 0.6) is 0 Å². The summed E-state index contributed by atoms with van der Waals surface area (Å²) in [6.07, 6.45) is 2.70. The summed E-state index contributed by atoms with van der Waals surface area (Å²) in [5, 5.41) is 8.92. The smallest absolute Gasteiger partial charge is 0.337 e. The van der Waals surface area contributed by atoms with Crippen molar-refractivity contribution in [1.82, 2.24) is 9.13 Å². The second-order valence-corrected chi connectivity index (χ2v) is 6.16. The van der Waals surface area contributed by atoms with Gasteiger partial charge in [-0.1, -0.05) is 12.1 Å². The lowest BCUT2D eigenvalue weighted by molar-refractivity contribution is -0.140. The maximum absolute atomic E-state index is 12.9. The molecule has 0 bridgehead atoms. The molecule has 3 rings (SSSR count). The molecule has 0 saturated heterocycles. The number of benzene rings is 2. The Bertz CT molecular complexity index is 1050. The summed E-state index contributed by atoms with van der Waals surface area (Å²) in [5.74, 6) is -0.245. The van der Waals surface area contributed by atoms with Crippen LogP contribution in [0.2, 0.25) is 0 Å². The Morgan fingerprint density at radius 3 is 2.30 bits per heavy atom. The van der Waals surface area contributed by atoms with Crippen LogP contribution in [-0.2, 0) is 16.0 Å². The maximum atomic E-state index is 12.9. The third-order valence-electron chi connectivity index (χ3n) is 4.38. The molecule has 0 aliphatic rings. The van der Waals surface area contributed by atoms with Crippen LogP contribution in [0.3, 0.4) is 0 Å². The van der Waals surface area contributed by atoms with Gasteiger partial charge < -0.3 is 4.74 Å². The average Bonchev–Trinajstić information content (AvgIpc) is 3.00. The molecule has 0 spiro atoms. The van der Waals surface area contributed by atoms with Gasteiger partial charge in [-0.3, -0.25) is 13.9 Å². The van der Waals surface area contributed by atoms with E-state index < -0.39 is 0 Å². The highest BCUT2D eigenvalue weighted by Gasteiger charge is 2.11. The second-order valence-electron chi connectivity index (χ2n) is 6.16. The van der Waals surface area contributed by atoms with E-state index in [2.05, 4.69) is 10.8 Å². The Balaban J connectivity index is 1.89. The number of nitriles is 1. The molecule has 27 heavy (non-hydrogen) atoms. The molecule has 3 aromatic rings. The molecule has 0 atom stereocenters. The van der Waals surface area contributed by atoms with Crippen molar-refractivity contribution in [3.8, 4) is 17.4 Å². The van der Waals surface area contributed by atoms with Crippen molar-refractivity contribution < 1.29 is 9.53 Å². The molecule has 1 heterocycles. The summed E-state index contributed by atoms with van der Waals surface area (Å²) in [6.45, 7) is 1.86. The molecule has 0 N–H and O–H groups in total. The molecule has 0 fully saturated rings. The highest BCUT2D eigenvalue weighted by Crippen LogP contribution is 2.14. The van der Waals surface area contributed by atoms with Gasteiger partial charge in [0.05, 0.1) is 30.1 Å². The molecular weight excluding hydrogens is 342 g/mol. The zero-order valence-electron chi connectivity index (χ0n) is 15.2. The highest BCUT2D eigenvalue weighted by atomic mass is 16.5. The third kappa shape index (κ3) is 3.82. The molecule has 2 aromatic carbocycles. The van der Waals surface area contributed by atoms with E-state index in [1.807, 2.05) is 31.2 Å². The number of carbonyl (C=O) groups excluding carboxylic acids is 1. The SMILES string of the molecule is COC(=O)CCc1ccc(-n2cc(C)n(-c3ccc(C#N)cc3)c2=O)cc1. The van der Waals surface area contributed by atoms with E-state index in [4.69, 9.17) is 5.26 Å². The lowest BCUT2D eigenvalue weighted by Gasteiger charge is -2.05. The van der Waals surface area contributed by atoms with Gasteiger partial charge in [0.15, 0.2) is 0 Å². The van der Waals surface area contributed by atoms with Crippen molar-refractivity contribution in [2.75, 3.05) is 7.11 Å². The van der Waals surface area contributed by atoms with Crippen molar-refractivity contribution in [3.05, 3.63) is 82.0 Å². The number of carbonyl (C=O) groups is 1. The summed E-state index contributed by atoms with van der Waals surface area (Å²) in [6, 6.07) is 16.5. The predicted octanol–water partition coefficient (Wildman–Crippen LogP) is 2.91. The van der Waals surface area contributed by atoms with E-state index >= 15 is 0 Å². The van der Waals surface area contributed by atoms with Crippen LogP contribution >= 0.6 is 0 Å². The number of methoxy groups -OCH3 is 1. The first-order chi connectivity index (χ1) is 13.0. The number of nitrogens with zero attached hydrogens (tertiary/aromatic N) is 3. The molecule has 0 aliphatic carbocycles. The van der Waals surface area contributed by atoms with Gasteiger partial charge in [-0.25, -0.2) is 4.79 Å². The zero-order valence-corrected chi connectivity index (χ0v) is 15.2. The standard InChI is InChI=1S/C21H19N3O3/c1-15-14-23(18-8-3-16(4-9-18)7-12-20(25)27-2)21(26)24(15)19-10-5-17(13-22)6-11-19/h3-6,8-11,14H,7,12H2,1-2H3. The predicted molar refractivity (Wildman–Crippen MR) is 101 cm³/mol. The number of hydrogen-bond acceptors (Lipinski definition) is 4. The van der Waals surface area contributed by atoms with Crippen molar-refractivity contribution in [2.45, 2.75) is 19.8 Å². The summed E-state index contributed by atoms with van der Waals surface area (Å²) in [4.78, 5) is 24.1. The van der Waals surface area contributed by atoms with Gasteiger partial charge in [-0.15, -0.1) is 0 Å². The van der Waals surface area contributed by atoms with Gasteiger partial charge >= 0.3 is 11.7 Å². The van der Waals surface area contributed by atoms with E-state index in [0.29, 0.717) is 24.1 Å². The number of aromatic nitrogens is 2. The van der Waals surface area contributed by atoms with Crippen LogP contribution in [0.25, 0.3) is 11.4 Å². The van der Waals surface area contributed by atoms with Gasteiger partial charge in [0.2, 0.25) is 0 Å². The van der Waals surface area contributed by atoms with E-state index in [1.165, 1.54) is 7.11 Å². The van der Waals surface area contributed by atoms with Crippen molar-refractivity contribution in [1.29, 1.82) is 5.26 Å². The molecule has 0 saturated carbocycles. The van der Waals surface area contributed by atoms with Crippen molar-refractivity contribution in [3.63, 3.8) is 0 Å². The summed E-state index contributed by atoms with van der Waals surface area (Å²) < 4.78 is 7.83. The fraction of sp³-hybridized carbons (Fsp3) is 0.190. The maximum Gasteiger partial charge on any atom is 0.337 e. The van der Waals surface area contributed by atoms with E-state index in [1.54, 1.807) is 39.6 Å². The quantitative estimate of drug-likeness (QED) is 0.655. The Morgan fingerprint density at radius 1 is 1.07 bits per heavy atom. The number of aryl methyl sites for hydroxylation is 2. The molecule has 136 valence electrons. The average molecular weight is 361 g/mol. The molecule has 1 aromatic heterocycles. The summed E-state index contributed by atoms with van der Waals surface area (Å²) in [5.41, 5.74) is 3.62. The van der Waals surface area contributed by atoms with Gasteiger partial charge in [0.1, 0.15) is 0 Å². The molecule has 6 heteroatoms. The van der Waals surface area contributed by atoms with E-state index in [-0.39, 0.29) is 11.7 Å². The minimum absolute atomic E-state index is 0.181. The van der Waals surface area contributed by atoms with Crippen LogP contribution < -0.4 is 5.69 Å². The van der Waals surface area contributed by atoms with Crippen LogP contribution in [0.15, 0.2) is 59.5 Å². The molecule has 0 amide bonds. The summed E-state index contributed by atoms with van der Waals surface area (Å²) in [7, 11) is 1.37. The van der Waals surface area contributed by atoms with Gasteiger partial charge in [-0.2, -0.15) is 5.26 Å². The lowest BCUT2D eigenvalue weighted by atomic mass is 10.1. The zero-order chi connectivity index (χ0) is 19.4. The van der Waals surface area contributed by atoms with Crippen LogP contribution in [0.4, 0.5) is 0 Å². The third-order valence-corrected chi connectivity index (χ3v) is 4.38. The number of hydrogen-bond donors (Lipinski definition) is 0. The number of ether oxygens (including phenoxy) is 1. The van der Waals surface area contributed by atoms with Crippen molar-refractivity contribution >= 4 is 5.97 Å². The second kappa shape index (κ2) is 7.75. The van der Waals surface area contributed by atoms with Gasteiger partial charge in [0.25, 0.3) is 0 Å². The Kier molecular flexibility index (Phi) is 5.23. The topological polar surface area (TPSA) is 77.0 Å². The molecule has 0 radical (unpaired) electrons. The van der Waals surface area contributed by atoms with Crippen molar-refractivity contribution in [2.24, 2.45) is 0 Å². The molecular formula is C21H19N3O3.